The van der Waals surface area contributed by atoms with Crippen molar-refractivity contribution in [2.24, 2.45) is 0 Å². The molecule has 2 rings (SSSR count). The molecule has 1 aliphatic rings. The van der Waals surface area contributed by atoms with Gasteiger partial charge in [0.15, 0.2) is 18.1 Å². The number of aliphatic carboxylic acids is 1. The number of thiocarbonyl (C=S) groups is 1. The van der Waals surface area contributed by atoms with Crippen LogP contribution in [0.3, 0.4) is 0 Å². The minimum atomic E-state index is -1.38. The van der Waals surface area contributed by atoms with E-state index in [9.17, 15) is 14.7 Å². The Morgan fingerprint density at radius 3 is 2.88 bits per heavy atom. The quantitative estimate of drug-likeness (QED) is 0.533. The van der Waals surface area contributed by atoms with Crippen LogP contribution in [-0.2, 0) is 9.59 Å². The second-order valence-electron chi connectivity index (χ2n) is 4.50. The number of hydrogen-bond acceptors (Lipinski definition) is 8. The molecule has 1 aromatic carbocycles. The predicted octanol–water partition coefficient (Wildman–Crippen LogP) is 0.549. The third-order valence-corrected chi connectivity index (χ3v) is 4.32. The predicted molar refractivity (Wildman–Crippen MR) is 89.0 cm³/mol. The Hall–Kier alpha value is -2.57. The fraction of sp³-hybridized carbons (Fsp3) is 0.200. The number of hydrogen-bond donors (Lipinski definition) is 0. The Bertz CT molecular complexity index is 770. The number of benzene rings is 1. The molecule has 1 amide bonds. The van der Waals surface area contributed by atoms with Gasteiger partial charge in [-0.1, -0.05) is 30.0 Å². The summed E-state index contributed by atoms with van der Waals surface area (Å²) in [6.07, 6.45) is 1.57. The van der Waals surface area contributed by atoms with Crippen LogP contribution in [0.25, 0.3) is 6.08 Å². The lowest BCUT2D eigenvalue weighted by molar-refractivity contribution is -0.305. The fourth-order valence-electron chi connectivity index (χ4n) is 1.92. The Balaban J connectivity index is 2.25. The first-order chi connectivity index (χ1) is 11.5. The molecule has 0 radical (unpaired) electrons. The van der Waals surface area contributed by atoms with Crippen LogP contribution in [0.15, 0.2) is 23.1 Å². The van der Waals surface area contributed by atoms with Crippen LogP contribution >= 0.6 is 24.0 Å². The van der Waals surface area contributed by atoms with Crippen LogP contribution < -0.4 is 14.6 Å². The zero-order valence-corrected chi connectivity index (χ0v) is 14.1. The first kappa shape index (κ1) is 17.8. The number of methoxy groups -OCH3 is 1. The van der Waals surface area contributed by atoms with E-state index in [2.05, 4.69) is 0 Å². The van der Waals surface area contributed by atoms with Crippen molar-refractivity contribution < 1.29 is 24.2 Å². The van der Waals surface area contributed by atoms with Gasteiger partial charge in [0.2, 0.25) is 0 Å². The lowest BCUT2D eigenvalue weighted by Crippen LogP contribution is -2.40. The molecule has 124 valence electrons. The highest BCUT2D eigenvalue weighted by atomic mass is 32.2. The van der Waals surface area contributed by atoms with Gasteiger partial charge in [-0.15, -0.1) is 0 Å². The Morgan fingerprint density at radius 2 is 2.25 bits per heavy atom. The van der Waals surface area contributed by atoms with E-state index in [0.717, 1.165) is 16.7 Å². The molecule has 1 heterocycles. The lowest BCUT2D eigenvalue weighted by Gasteiger charge is -2.14. The van der Waals surface area contributed by atoms with Crippen molar-refractivity contribution in [1.82, 2.24) is 4.90 Å². The van der Waals surface area contributed by atoms with Gasteiger partial charge in [0.1, 0.15) is 10.4 Å². The summed E-state index contributed by atoms with van der Waals surface area (Å²) in [7, 11) is 1.46. The third-order valence-electron chi connectivity index (χ3n) is 2.94. The number of ether oxygens (including phenoxy) is 2. The molecule has 1 fully saturated rings. The summed E-state index contributed by atoms with van der Waals surface area (Å²) >= 11 is 6.02. The minimum absolute atomic E-state index is 0.114. The molecule has 1 aromatic rings. The summed E-state index contributed by atoms with van der Waals surface area (Å²) in [5, 5.41) is 19.2. The average Bonchev–Trinajstić information content (AvgIpc) is 2.80. The first-order valence-electron chi connectivity index (χ1n) is 6.59. The number of amides is 1. The number of carbonyl (C=O) groups is 2. The maximum Gasteiger partial charge on any atom is 0.266 e. The molecule has 0 N–H and O–H groups in total. The Kier molecular flexibility index (Phi) is 5.78. The van der Waals surface area contributed by atoms with Crippen molar-refractivity contribution >= 4 is 46.3 Å². The topological polar surface area (TPSA) is 103 Å². The molecule has 0 aromatic heterocycles. The van der Waals surface area contributed by atoms with Gasteiger partial charge in [0.05, 0.1) is 24.5 Å². The van der Waals surface area contributed by atoms with Gasteiger partial charge in [-0.25, -0.2) is 0 Å². The van der Waals surface area contributed by atoms with Crippen LogP contribution in [-0.4, -0.2) is 41.4 Å². The molecular formula is C15H11N2O5S2-. The van der Waals surface area contributed by atoms with E-state index in [-0.39, 0.29) is 10.9 Å². The van der Waals surface area contributed by atoms with Gasteiger partial charge in [0, 0.05) is 0 Å². The zero-order valence-electron chi connectivity index (χ0n) is 12.5. The lowest BCUT2D eigenvalue weighted by atomic mass is 10.2. The molecule has 9 heteroatoms. The van der Waals surface area contributed by atoms with E-state index in [0.29, 0.717) is 22.0 Å². The molecular weight excluding hydrogens is 352 g/mol. The van der Waals surface area contributed by atoms with Gasteiger partial charge < -0.3 is 19.4 Å². The molecule has 0 bridgehead atoms. The van der Waals surface area contributed by atoms with Crippen molar-refractivity contribution in [2.45, 2.75) is 0 Å². The summed E-state index contributed by atoms with van der Waals surface area (Å²) in [5.41, 5.74) is 0.644. The second kappa shape index (κ2) is 7.81. The van der Waals surface area contributed by atoms with Gasteiger partial charge in [-0.05, 0) is 23.8 Å². The van der Waals surface area contributed by atoms with Gasteiger partial charge >= 0.3 is 0 Å². The average molecular weight is 363 g/mol. The zero-order chi connectivity index (χ0) is 17.7. The van der Waals surface area contributed by atoms with E-state index < -0.39 is 18.4 Å². The van der Waals surface area contributed by atoms with Crippen LogP contribution in [0.5, 0.6) is 11.5 Å². The monoisotopic (exact) mass is 363 g/mol. The SMILES string of the molecule is COc1cc(/C=C2/SC(=S)N(CC(=O)[O-])C2=O)ccc1OCC#N. The minimum Gasteiger partial charge on any atom is -0.548 e. The van der Waals surface area contributed by atoms with Crippen molar-refractivity contribution in [3.63, 3.8) is 0 Å². The highest BCUT2D eigenvalue weighted by Gasteiger charge is 2.31. The van der Waals surface area contributed by atoms with Crippen molar-refractivity contribution in [2.75, 3.05) is 20.3 Å². The standard InChI is InChI=1S/C15H12N2O5S2/c1-21-11-6-9(2-3-10(11)22-5-4-16)7-12-14(20)17(8-13(18)19)15(23)24-12/h2-3,6-7H,5,8H2,1H3,(H,18,19)/p-1/b12-7+. The highest BCUT2D eigenvalue weighted by molar-refractivity contribution is 8.26. The van der Waals surface area contributed by atoms with Crippen LogP contribution in [0.1, 0.15) is 5.56 Å². The van der Waals surface area contributed by atoms with E-state index in [1.54, 1.807) is 24.3 Å². The maximum absolute atomic E-state index is 12.2. The normalized spacial score (nSPS) is 15.5. The van der Waals surface area contributed by atoms with Gasteiger partial charge in [0.25, 0.3) is 5.91 Å². The molecule has 0 spiro atoms. The highest BCUT2D eigenvalue weighted by Crippen LogP contribution is 2.34. The molecule has 1 aliphatic heterocycles. The van der Waals surface area contributed by atoms with Gasteiger partial charge in [-0.3, -0.25) is 9.69 Å². The largest absolute Gasteiger partial charge is 0.548 e. The smallest absolute Gasteiger partial charge is 0.266 e. The number of carboxylic acids is 1. The number of rotatable bonds is 6. The van der Waals surface area contributed by atoms with E-state index in [4.69, 9.17) is 27.0 Å². The maximum atomic E-state index is 12.2. The van der Waals surface area contributed by atoms with Crippen LogP contribution in [0.4, 0.5) is 0 Å². The second-order valence-corrected chi connectivity index (χ2v) is 6.17. The Labute approximate surface area is 147 Å². The van der Waals surface area contributed by atoms with Crippen LogP contribution in [0, 0.1) is 11.3 Å². The van der Waals surface area contributed by atoms with Crippen molar-refractivity contribution in [1.29, 1.82) is 5.26 Å². The number of nitrogens with zero attached hydrogens (tertiary/aromatic N) is 2. The summed E-state index contributed by atoms with van der Waals surface area (Å²) in [6, 6.07) is 6.79. The number of carbonyl (C=O) groups excluding carboxylic acids is 2. The van der Waals surface area contributed by atoms with E-state index >= 15 is 0 Å². The molecule has 1 saturated heterocycles. The van der Waals surface area contributed by atoms with E-state index in [1.807, 2.05) is 6.07 Å². The molecule has 0 aliphatic carbocycles. The summed E-state index contributed by atoms with van der Waals surface area (Å²) in [6.45, 7) is -0.691. The third kappa shape index (κ3) is 4.04. The van der Waals surface area contributed by atoms with Crippen LogP contribution in [0.2, 0.25) is 0 Å². The Morgan fingerprint density at radius 1 is 1.50 bits per heavy atom. The van der Waals surface area contributed by atoms with Gasteiger partial charge in [-0.2, -0.15) is 5.26 Å². The number of thioether (sulfide) groups is 1. The summed E-state index contributed by atoms with van der Waals surface area (Å²) in [4.78, 5) is 24.1. The number of nitriles is 1. The van der Waals surface area contributed by atoms with Crippen molar-refractivity contribution in [3.05, 3.63) is 28.7 Å². The first-order valence-corrected chi connectivity index (χ1v) is 7.81. The molecule has 0 unspecified atom stereocenters. The van der Waals surface area contributed by atoms with E-state index in [1.165, 1.54) is 7.11 Å². The van der Waals surface area contributed by atoms with Crippen molar-refractivity contribution in [3.8, 4) is 17.6 Å². The fourth-order valence-corrected chi connectivity index (χ4v) is 3.18. The summed E-state index contributed by atoms with van der Waals surface area (Å²) in [5.74, 6) is -1.06. The molecule has 24 heavy (non-hydrogen) atoms. The molecule has 0 saturated carbocycles. The molecule has 0 atom stereocenters. The number of carboxylic acid groups (broad SMARTS) is 1. The molecule has 7 nitrogen and oxygen atoms in total. The summed E-state index contributed by atoms with van der Waals surface area (Å²) < 4.78 is 10.6.